The van der Waals surface area contributed by atoms with Crippen LogP contribution in [0.1, 0.15) is 36.6 Å². The first-order valence-electron chi connectivity index (χ1n) is 8.51. The fourth-order valence-electron chi connectivity index (χ4n) is 3.35. The predicted octanol–water partition coefficient (Wildman–Crippen LogP) is 3.64. The van der Waals surface area contributed by atoms with Gasteiger partial charge in [0.2, 0.25) is 0 Å². The summed E-state index contributed by atoms with van der Waals surface area (Å²) in [4.78, 5) is 37.4. The monoisotopic (exact) mass is 373 g/mol. The van der Waals surface area contributed by atoms with E-state index in [-0.39, 0.29) is 22.7 Å². The number of ketones is 1. The largest absolute Gasteiger partial charge is 0.507 e. The summed E-state index contributed by atoms with van der Waals surface area (Å²) in [6.45, 7) is 0. The number of carbonyl (C=O) groups is 3. The minimum Gasteiger partial charge on any atom is -0.507 e. The summed E-state index contributed by atoms with van der Waals surface area (Å²) >= 11 is 0. The van der Waals surface area contributed by atoms with Gasteiger partial charge in [-0.25, -0.2) is 4.79 Å². The van der Waals surface area contributed by atoms with Crippen molar-refractivity contribution in [3.8, 4) is 16.9 Å². The fraction of sp³-hybridized carbons (Fsp3) is 0.0455. The van der Waals surface area contributed by atoms with Crippen LogP contribution in [-0.2, 0) is 4.74 Å². The van der Waals surface area contributed by atoms with Gasteiger partial charge in [-0.1, -0.05) is 36.4 Å². The number of rotatable bonds is 3. The number of benzene rings is 3. The Morgan fingerprint density at radius 2 is 1.61 bits per heavy atom. The minimum atomic E-state index is -0.722. The van der Waals surface area contributed by atoms with Crippen molar-refractivity contribution >= 4 is 23.3 Å². The van der Waals surface area contributed by atoms with Gasteiger partial charge >= 0.3 is 5.97 Å². The average molecular weight is 373 g/mol. The third-order valence-electron chi connectivity index (χ3n) is 4.66. The number of ether oxygens (including phenoxy) is 1. The van der Waals surface area contributed by atoms with Gasteiger partial charge in [0.1, 0.15) is 11.3 Å². The van der Waals surface area contributed by atoms with E-state index in [0.717, 1.165) is 5.56 Å². The zero-order valence-corrected chi connectivity index (χ0v) is 14.9. The standard InChI is InChI=1S/C22H15NO5/c1-28-22(27)17-11-12(9-10-18(17)24)23-21(26)16-8-4-7-14-13-5-2-3-6-15(13)20(25)19(14)16/h2-11,24H,1H3,(H,23,26). The van der Waals surface area contributed by atoms with Crippen LogP contribution < -0.4 is 5.32 Å². The molecular weight excluding hydrogens is 358 g/mol. The summed E-state index contributed by atoms with van der Waals surface area (Å²) in [5.41, 5.74) is 2.91. The molecule has 6 nitrogen and oxygen atoms in total. The van der Waals surface area contributed by atoms with Crippen molar-refractivity contribution in [1.82, 2.24) is 0 Å². The van der Waals surface area contributed by atoms with Crippen LogP contribution in [0.4, 0.5) is 5.69 Å². The maximum Gasteiger partial charge on any atom is 0.341 e. The van der Waals surface area contributed by atoms with Crippen LogP contribution in [0.25, 0.3) is 11.1 Å². The normalized spacial score (nSPS) is 11.5. The second-order valence-electron chi connectivity index (χ2n) is 6.28. The highest BCUT2D eigenvalue weighted by Gasteiger charge is 2.30. The number of esters is 1. The van der Waals surface area contributed by atoms with Gasteiger partial charge in [-0.2, -0.15) is 0 Å². The van der Waals surface area contributed by atoms with Gasteiger partial charge in [0.25, 0.3) is 5.91 Å². The number of phenols is 1. The Bertz CT molecular complexity index is 1150. The molecule has 138 valence electrons. The molecular formula is C22H15NO5. The van der Waals surface area contributed by atoms with Gasteiger partial charge in [-0.3, -0.25) is 9.59 Å². The molecule has 0 heterocycles. The van der Waals surface area contributed by atoms with Crippen LogP contribution in [0.2, 0.25) is 0 Å². The van der Waals surface area contributed by atoms with Gasteiger partial charge in [-0.15, -0.1) is 0 Å². The van der Waals surface area contributed by atoms with Crippen LogP contribution in [0, 0.1) is 0 Å². The first-order valence-corrected chi connectivity index (χ1v) is 8.51. The molecule has 0 aliphatic heterocycles. The summed E-state index contributed by atoms with van der Waals surface area (Å²) in [5.74, 6) is -1.66. The summed E-state index contributed by atoms with van der Waals surface area (Å²) < 4.78 is 4.62. The van der Waals surface area contributed by atoms with Crippen molar-refractivity contribution in [3.05, 3.63) is 82.9 Å². The first kappa shape index (κ1) is 17.5. The molecule has 0 saturated carbocycles. The lowest BCUT2D eigenvalue weighted by Crippen LogP contribution is -2.16. The zero-order valence-electron chi connectivity index (χ0n) is 14.9. The third-order valence-corrected chi connectivity index (χ3v) is 4.66. The van der Waals surface area contributed by atoms with Gasteiger partial charge in [0, 0.05) is 16.8 Å². The van der Waals surface area contributed by atoms with Crippen LogP contribution in [-0.4, -0.2) is 29.9 Å². The SMILES string of the molecule is COC(=O)c1cc(NC(=O)c2cccc3c2C(=O)c2ccccc2-3)ccc1O. The number of carbonyl (C=O) groups excluding carboxylic acids is 3. The lowest BCUT2D eigenvalue weighted by atomic mass is 10.00. The summed E-state index contributed by atoms with van der Waals surface area (Å²) in [6.07, 6.45) is 0. The van der Waals surface area contributed by atoms with E-state index in [2.05, 4.69) is 10.1 Å². The van der Waals surface area contributed by atoms with E-state index in [1.54, 1.807) is 24.3 Å². The Hall–Kier alpha value is -3.93. The number of methoxy groups -OCH3 is 1. The second kappa shape index (κ2) is 6.66. The molecule has 0 radical (unpaired) electrons. The van der Waals surface area contributed by atoms with E-state index >= 15 is 0 Å². The molecule has 3 aromatic rings. The maximum absolute atomic E-state index is 12.9. The van der Waals surface area contributed by atoms with E-state index in [9.17, 15) is 19.5 Å². The lowest BCUT2D eigenvalue weighted by molar-refractivity contribution is 0.0597. The van der Waals surface area contributed by atoms with Gasteiger partial charge in [0.05, 0.1) is 12.7 Å². The Morgan fingerprint density at radius 3 is 2.36 bits per heavy atom. The molecule has 0 unspecified atom stereocenters. The molecule has 1 amide bonds. The molecule has 0 saturated heterocycles. The predicted molar refractivity (Wildman–Crippen MR) is 103 cm³/mol. The number of fused-ring (bicyclic) bond motifs is 3. The molecule has 28 heavy (non-hydrogen) atoms. The van der Waals surface area contributed by atoms with Gasteiger partial charge in [0.15, 0.2) is 5.78 Å². The zero-order chi connectivity index (χ0) is 19.8. The van der Waals surface area contributed by atoms with E-state index < -0.39 is 11.9 Å². The van der Waals surface area contributed by atoms with Crippen LogP contribution in [0.15, 0.2) is 60.7 Å². The van der Waals surface area contributed by atoms with Gasteiger partial charge < -0.3 is 15.2 Å². The summed E-state index contributed by atoms with van der Waals surface area (Å²) in [7, 11) is 1.20. The Balaban J connectivity index is 1.70. The quantitative estimate of drug-likeness (QED) is 0.422. The van der Waals surface area contributed by atoms with Crippen molar-refractivity contribution in [2.45, 2.75) is 0 Å². The number of amides is 1. The Labute approximate surface area is 160 Å². The molecule has 0 fully saturated rings. The lowest BCUT2D eigenvalue weighted by Gasteiger charge is -2.10. The number of hydrogen-bond acceptors (Lipinski definition) is 5. The molecule has 2 N–H and O–H groups in total. The van der Waals surface area contributed by atoms with Crippen molar-refractivity contribution in [1.29, 1.82) is 0 Å². The average Bonchev–Trinajstić information content (AvgIpc) is 3.01. The Morgan fingerprint density at radius 1 is 0.893 bits per heavy atom. The molecule has 1 aliphatic carbocycles. The number of hydrogen-bond donors (Lipinski definition) is 2. The second-order valence-corrected chi connectivity index (χ2v) is 6.28. The van der Waals surface area contributed by atoms with Crippen LogP contribution in [0.3, 0.4) is 0 Å². The molecule has 3 aromatic carbocycles. The van der Waals surface area contributed by atoms with Gasteiger partial charge in [-0.05, 0) is 35.4 Å². The van der Waals surface area contributed by atoms with E-state index in [1.165, 1.54) is 25.3 Å². The smallest absolute Gasteiger partial charge is 0.341 e. The van der Waals surface area contributed by atoms with Crippen LogP contribution in [0.5, 0.6) is 5.75 Å². The molecule has 6 heteroatoms. The number of phenolic OH excluding ortho intramolecular Hbond substituents is 1. The van der Waals surface area contributed by atoms with Crippen molar-refractivity contribution < 1.29 is 24.2 Å². The van der Waals surface area contributed by atoms with E-state index in [0.29, 0.717) is 22.4 Å². The highest BCUT2D eigenvalue weighted by atomic mass is 16.5. The third kappa shape index (κ3) is 2.72. The highest BCUT2D eigenvalue weighted by Crippen LogP contribution is 2.38. The van der Waals surface area contributed by atoms with Crippen molar-refractivity contribution in [2.24, 2.45) is 0 Å². The summed E-state index contributed by atoms with van der Waals surface area (Å²) in [5, 5.41) is 12.5. The van der Waals surface area contributed by atoms with Crippen molar-refractivity contribution in [3.63, 3.8) is 0 Å². The molecule has 0 atom stereocenters. The highest BCUT2D eigenvalue weighted by molar-refractivity contribution is 6.26. The van der Waals surface area contributed by atoms with Crippen molar-refractivity contribution in [2.75, 3.05) is 12.4 Å². The number of aromatic hydroxyl groups is 1. The molecule has 0 spiro atoms. The topological polar surface area (TPSA) is 92.7 Å². The number of nitrogens with one attached hydrogen (secondary N) is 1. The maximum atomic E-state index is 12.9. The molecule has 1 aliphatic rings. The Kier molecular flexibility index (Phi) is 4.16. The molecule has 0 bridgehead atoms. The fourth-order valence-corrected chi connectivity index (χ4v) is 3.35. The summed E-state index contributed by atoms with van der Waals surface area (Å²) in [6, 6.07) is 16.4. The van der Waals surface area contributed by atoms with E-state index in [4.69, 9.17) is 0 Å². The van der Waals surface area contributed by atoms with E-state index in [1.807, 2.05) is 18.2 Å². The first-order chi connectivity index (χ1) is 13.5. The molecule has 4 rings (SSSR count). The minimum absolute atomic E-state index is 0.0675. The molecule has 0 aromatic heterocycles. The van der Waals surface area contributed by atoms with Crippen LogP contribution >= 0.6 is 0 Å². The number of anilines is 1.